The van der Waals surface area contributed by atoms with Crippen molar-refractivity contribution in [3.63, 3.8) is 0 Å². The first-order chi connectivity index (χ1) is 52.5. The van der Waals surface area contributed by atoms with Crippen molar-refractivity contribution in [1.29, 1.82) is 0 Å². The topological polar surface area (TPSA) is 160 Å². The molecule has 2 N–H and O–H groups in total. The number of hydrogen-bond acceptors (Lipinski definition) is 10. The van der Waals surface area contributed by atoms with Crippen LogP contribution in [0, 0.1) is 0 Å². The normalized spacial score (nSPS) is 13.4. The highest BCUT2D eigenvalue weighted by Crippen LogP contribution is 2.54. The van der Waals surface area contributed by atoms with E-state index in [1.807, 2.05) is 48.5 Å². The molecule has 0 amide bonds. The summed E-state index contributed by atoms with van der Waals surface area (Å²) in [5.74, 6) is 0. The summed E-state index contributed by atoms with van der Waals surface area (Å²) in [6.45, 7) is 55.3. The smallest absolute Gasteiger partial charge is 0.118 e. The molecule has 0 saturated carbocycles. The quantitative estimate of drug-likeness (QED) is 0.174. The van der Waals surface area contributed by atoms with Crippen molar-refractivity contribution in [3.05, 3.63) is 214 Å². The van der Waals surface area contributed by atoms with E-state index in [9.17, 15) is 0 Å². The van der Waals surface area contributed by atoms with E-state index < -0.39 is 0 Å². The summed E-state index contributed by atoms with van der Waals surface area (Å²) >= 11 is 0. The SMILES string of the molecule is CC(C)(C)c1cc(-c2c3nc(c(-c4cc(C(C)(C)C)cc(C(C)(C)C)c4)c4[nH]c(c(-c5cc(C(C)(C)C)cc(C(C)(C)C)c5)c5nc(c(-c6cc(C(C)(C)C)cc(C(C)(C)C)c6)c6[nH]c2c2nc7ccccc7nc62)-c2nc6ccccc6nc2-5)c2nc5ccccc5nc42)-c2nc4ccccc4nc2-3)cc(C(C)(C)C)c1. The Hall–Kier alpha value is -11.2. The molecule has 0 unspecified atom stereocenters. The van der Waals surface area contributed by atoms with E-state index in [0.717, 1.165) is 133 Å². The van der Waals surface area contributed by atoms with Crippen LogP contribution in [0.3, 0.4) is 0 Å². The average Bonchev–Trinajstić information content (AvgIpc) is 1.54. The average molecular weight is 1470 g/mol. The molecule has 0 saturated heterocycles. The highest BCUT2D eigenvalue weighted by molar-refractivity contribution is 6.20. The molecule has 112 heavy (non-hydrogen) atoms. The van der Waals surface area contributed by atoms with Crippen molar-refractivity contribution in [2.45, 2.75) is 209 Å². The fourth-order valence-corrected chi connectivity index (χ4v) is 15.9. The molecule has 0 atom stereocenters. The monoisotopic (exact) mass is 1470 g/mol. The number of aromatic nitrogens is 12. The van der Waals surface area contributed by atoms with Crippen LogP contribution in [0.4, 0.5) is 0 Å². The van der Waals surface area contributed by atoms with Gasteiger partial charge in [0.25, 0.3) is 0 Å². The number of para-hydroxylation sites is 8. The summed E-state index contributed by atoms with van der Waals surface area (Å²) in [6, 6.07) is 61.5. The molecule has 14 aromatic rings. The van der Waals surface area contributed by atoms with Crippen LogP contribution in [0.25, 0.3) is 178 Å². The fourth-order valence-electron chi connectivity index (χ4n) is 15.9. The molecule has 17 rings (SSSR count). The first kappa shape index (κ1) is 73.6. The number of aromatic amines is 2. The zero-order valence-corrected chi connectivity index (χ0v) is 69.6. The van der Waals surface area contributed by atoms with Crippen LogP contribution < -0.4 is 0 Å². The van der Waals surface area contributed by atoms with Crippen LogP contribution in [0.2, 0.25) is 0 Å². The first-order valence-electron chi connectivity index (χ1n) is 39.7. The lowest BCUT2D eigenvalue weighted by molar-refractivity contribution is 0.568. The van der Waals surface area contributed by atoms with Gasteiger partial charge in [-0.1, -0.05) is 287 Å². The summed E-state index contributed by atoms with van der Waals surface area (Å²) in [7, 11) is 0. The highest BCUT2D eigenvalue weighted by Gasteiger charge is 2.38. The standard InChI is InChI=1S/C100H102N12/c1-93(2,3)57-41-53(42-58(49-57)94(4,5)6)73-77-85-87(103-67-35-27-25-33-65(67)101-85)79(109-77)74(54-43-59(95(7,8)9)50-60(44-54)96(10,11)12)81-89-91(107-71-39-31-29-37-69(71)105-89)83(111-81)76(56-47-63(99(19,20)21)52-64(48-56)100(22,23)24)84-92-90(106-70-38-30-32-40-72(70)108-92)82(112-84)75(55-45-61(97(13,14)15)51-62(46-55)98(16,17)18)80-88-86(78(73)110-80)102-66-34-26-28-36-68(66)104-88/h25-52,109,112H,1-24H3. The van der Waals surface area contributed by atoms with E-state index in [-0.39, 0.29) is 43.3 Å². The van der Waals surface area contributed by atoms with Gasteiger partial charge < -0.3 is 9.97 Å². The van der Waals surface area contributed by atoms with Gasteiger partial charge in [0.2, 0.25) is 0 Å². The molecule has 2 aliphatic heterocycles. The summed E-state index contributed by atoms with van der Waals surface area (Å²) in [5.41, 5.74) is 29.8. The van der Waals surface area contributed by atoms with E-state index >= 15 is 0 Å². The number of fused-ring (bicyclic) bond motifs is 4. The van der Waals surface area contributed by atoms with Crippen molar-refractivity contribution >= 4 is 88.3 Å². The predicted octanol–water partition coefficient (Wildman–Crippen LogP) is 26.1. The van der Waals surface area contributed by atoms with Gasteiger partial charge in [0.05, 0.1) is 66.2 Å². The molecule has 12 heteroatoms. The lowest BCUT2D eigenvalue weighted by atomic mass is 9.78. The second-order valence-electron chi connectivity index (χ2n) is 39.7. The third-order valence-electron chi connectivity index (χ3n) is 22.8. The minimum absolute atomic E-state index is 0.312. The van der Waals surface area contributed by atoms with Crippen molar-refractivity contribution in [1.82, 2.24) is 59.8 Å². The third-order valence-corrected chi connectivity index (χ3v) is 22.8. The zero-order valence-electron chi connectivity index (χ0n) is 69.6. The van der Waals surface area contributed by atoms with Crippen LogP contribution in [0.1, 0.15) is 211 Å². The minimum Gasteiger partial charge on any atom is -0.351 e. The van der Waals surface area contributed by atoms with Gasteiger partial charge in [0, 0.05) is 22.3 Å². The van der Waals surface area contributed by atoms with Crippen molar-refractivity contribution in [3.8, 4) is 90.1 Å². The predicted molar refractivity (Wildman–Crippen MR) is 469 cm³/mol. The maximum atomic E-state index is 6.45. The second kappa shape index (κ2) is 25.1. The van der Waals surface area contributed by atoms with Gasteiger partial charge in [0.1, 0.15) is 67.6 Å². The molecule has 8 bridgehead atoms. The summed E-state index contributed by atoms with van der Waals surface area (Å²) in [4.78, 5) is 69.1. The molecule has 0 radical (unpaired) electrons. The molecule has 6 aromatic heterocycles. The number of hydrogen-bond donors (Lipinski definition) is 2. The Kier molecular flexibility index (Phi) is 16.5. The molecule has 0 spiro atoms. The van der Waals surface area contributed by atoms with Gasteiger partial charge in [-0.25, -0.2) is 49.8 Å². The Morgan fingerprint density at radius 1 is 0.179 bits per heavy atom. The van der Waals surface area contributed by atoms with E-state index in [4.69, 9.17) is 49.8 Å². The van der Waals surface area contributed by atoms with E-state index in [0.29, 0.717) is 89.7 Å². The second-order valence-corrected chi connectivity index (χ2v) is 39.7. The van der Waals surface area contributed by atoms with Crippen molar-refractivity contribution in [2.24, 2.45) is 0 Å². The Labute approximate surface area is 658 Å². The number of nitrogens with zero attached hydrogens (tertiary/aromatic N) is 10. The molecule has 12 nitrogen and oxygen atoms in total. The number of rotatable bonds is 4. The van der Waals surface area contributed by atoms with Gasteiger partial charge >= 0.3 is 0 Å². The molecule has 3 aliphatic rings. The first-order valence-corrected chi connectivity index (χ1v) is 39.7. The summed E-state index contributed by atoms with van der Waals surface area (Å²) < 4.78 is 0. The molecule has 1 aliphatic carbocycles. The summed E-state index contributed by atoms with van der Waals surface area (Å²) in [6.07, 6.45) is 0. The van der Waals surface area contributed by atoms with Crippen LogP contribution in [0.5, 0.6) is 0 Å². The van der Waals surface area contributed by atoms with Gasteiger partial charge in [0.15, 0.2) is 0 Å². The fraction of sp³-hybridized carbons (Fsp3) is 0.320. The highest BCUT2D eigenvalue weighted by atomic mass is 15.0. The Balaban J connectivity index is 1.28. The molecule has 8 heterocycles. The lowest BCUT2D eigenvalue weighted by Crippen LogP contribution is -2.16. The number of nitrogens with one attached hydrogen (secondary N) is 2. The van der Waals surface area contributed by atoms with Gasteiger partial charge in [-0.05, 0) is 159 Å². The van der Waals surface area contributed by atoms with Crippen LogP contribution >= 0.6 is 0 Å². The Bertz CT molecular complexity index is 5780. The van der Waals surface area contributed by atoms with E-state index in [1.165, 1.54) is 0 Å². The molecular formula is C100H102N12. The molecule has 8 aromatic carbocycles. The van der Waals surface area contributed by atoms with Crippen molar-refractivity contribution < 1.29 is 0 Å². The van der Waals surface area contributed by atoms with Crippen LogP contribution in [0.15, 0.2) is 170 Å². The van der Waals surface area contributed by atoms with E-state index in [1.54, 1.807) is 0 Å². The van der Waals surface area contributed by atoms with Gasteiger partial charge in [-0.2, -0.15) is 0 Å². The lowest BCUT2D eigenvalue weighted by Gasteiger charge is -2.26. The Morgan fingerprint density at radius 2 is 0.330 bits per heavy atom. The molecule has 562 valence electrons. The maximum absolute atomic E-state index is 6.45. The van der Waals surface area contributed by atoms with Crippen molar-refractivity contribution in [2.75, 3.05) is 0 Å². The summed E-state index contributed by atoms with van der Waals surface area (Å²) in [5, 5.41) is 0. The number of benzene rings is 8. The molecular weight excluding hydrogens is 1370 g/mol. The zero-order chi connectivity index (χ0) is 79.4. The maximum Gasteiger partial charge on any atom is 0.118 e. The van der Waals surface area contributed by atoms with E-state index in [2.05, 4.69) is 297 Å². The molecule has 0 fully saturated rings. The minimum atomic E-state index is -0.312. The Morgan fingerprint density at radius 3 is 0.482 bits per heavy atom. The van der Waals surface area contributed by atoms with Crippen LogP contribution in [-0.2, 0) is 43.3 Å². The van der Waals surface area contributed by atoms with Crippen LogP contribution in [-0.4, -0.2) is 59.8 Å². The van der Waals surface area contributed by atoms with Gasteiger partial charge in [-0.3, -0.25) is 0 Å². The largest absolute Gasteiger partial charge is 0.351 e. The third kappa shape index (κ3) is 12.7. The van der Waals surface area contributed by atoms with Gasteiger partial charge in [-0.15, -0.1) is 0 Å². The number of H-pyrrole nitrogens is 2.